The number of benzene rings is 1. The van der Waals surface area contributed by atoms with Crippen LogP contribution in [0.1, 0.15) is 0 Å². The Morgan fingerprint density at radius 1 is 1.27 bits per heavy atom. The highest BCUT2D eigenvalue weighted by atomic mass is 16.6. The van der Waals surface area contributed by atoms with Crippen LogP contribution in [0.3, 0.4) is 0 Å². The molecular formula is C14H14N4O4. The Labute approximate surface area is 126 Å². The van der Waals surface area contributed by atoms with Gasteiger partial charge >= 0.3 is 6.09 Å². The molecule has 0 spiro atoms. The summed E-state index contributed by atoms with van der Waals surface area (Å²) in [6, 6.07) is 9.90. The summed E-state index contributed by atoms with van der Waals surface area (Å²) in [5, 5.41) is 13.6. The first-order valence-corrected chi connectivity index (χ1v) is 6.30. The lowest BCUT2D eigenvalue weighted by Gasteiger charge is -2.16. The Kier molecular flexibility index (Phi) is 4.52. The van der Waals surface area contributed by atoms with E-state index in [-0.39, 0.29) is 5.69 Å². The molecule has 0 fully saturated rings. The number of nitro groups is 1. The molecule has 114 valence electrons. The second kappa shape index (κ2) is 6.53. The first-order valence-electron chi connectivity index (χ1n) is 6.30. The number of pyridine rings is 1. The summed E-state index contributed by atoms with van der Waals surface area (Å²) < 4.78 is 4.63. The van der Waals surface area contributed by atoms with Crippen molar-refractivity contribution in [1.29, 1.82) is 0 Å². The van der Waals surface area contributed by atoms with Crippen LogP contribution in [-0.4, -0.2) is 30.2 Å². The molecule has 0 atom stereocenters. The van der Waals surface area contributed by atoms with Gasteiger partial charge in [-0.15, -0.1) is 0 Å². The van der Waals surface area contributed by atoms with Gasteiger partial charge < -0.3 is 10.1 Å². The van der Waals surface area contributed by atoms with E-state index < -0.39 is 11.0 Å². The maximum absolute atomic E-state index is 11.4. The van der Waals surface area contributed by atoms with E-state index in [4.69, 9.17) is 0 Å². The molecule has 2 rings (SSSR count). The number of rotatable bonds is 4. The first kappa shape index (κ1) is 15.2. The van der Waals surface area contributed by atoms with Crippen LogP contribution in [0.15, 0.2) is 42.6 Å². The highest BCUT2D eigenvalue weighted by Gasteiger charge is 2.10. The first-order chi connectivity index (χ1) is 10.5. The number of anilines is 3. The Hall–Kier alpha value is -3.16. The number of nitrogens with zero attached hydrogens (tertiary/aromatic N) is 3. The smallest absolute Gasteiger partial charge is 0.413 e. The molecule has 0 aliphatic rings. The molecule has 0 unspecified atom stereocenters. The maximum atomic E-state index is 11.4. The molecule has 0 aliphatic carbocycles. The van der Waals surface area contributed by atoms with Gasteiger partial charge in [-0.25, -0.2) is 9.78 Å². The number of amides is 1. The molecule has 0 radical (unpaired) electrons. The molecule has 2 aromatic rings. The fourth-order valence-corrected chi connectivity index (χ4v) is 1.73. The Bertz CT molecular complexity index is 670. The van der Waals surface area contributed by atoms with Gasteiger partial charge in [0.1, 0.15) is 12.0 Å². The van der Waals surface area contributed by atoms with Gasteiger partial charge in [-0.05, 0) is 30.3 Å². The van der Waals surface area contributed by atoms with Crippen molar-refractivity contribution in [3.05, 3.63) is 52.7 Å². The monoisotopic (exact) mass is 302 g/mol. The van der Waals surface area contributed by atoms with Crippen LogP contribution in [-0.2, 0) is 4.74 Å². The van der Waals surface area contributed by atoms with Gasteiger partial charge in [0, 0.05) is 24.5 Å². The molecule has 8 nitrogen and oxygen atoms in total. The summed E-state index contributed by atoms with van der Waals surface area (Å²) in [6.07, 6.45) is 0.722. The maximum Gasteiger partial charge on any atom is 0.413 e. The van der Waals surface area contributed by atoms with Crippen molar-refractivity contribution in [1.82, 2.24) is 4.98 Å². The second-order valence-electron chi connectivity index (χ2n) is 4.36. The highest BCUT2D eigenvalue weighted by Crippen LogP contribution is 2.21. The van der Waals surface area contributed by atoms with Gasteiger partial charge in [0.05, 0.1) is 12.0 Å². The Morgan fingerprint density at radius 3 is 2.45 bits per heavy atom. The van der Waals surface area contributed by atoms with Crippen molar-refractivity contribution >= 4 is 29.0 Å². The number of nitrogens with one attached hydrogen (secondary N) is 1. The lowest BCUT2D eigenvalue weighted by molar-refractivity contribution is -0.385. The minimum absolute atomic E-state index is 0.0689. The quantitative estimate of drug-likeness (QED) is 0.688. The molecule has 1 heterocycles. The largest absolute Gasteiger partial charge is 0.452 e. The van der Waals surface area contributed by atoms with Crippen LogP contribution in [0.25, 0.3) is 0 Å². The molecule has 1 N–H and O–H groups in total. The number of hydrogen-bond acceptors (Lipinski definition) is 6. The van der Waals surface area contributed by atoms with E-state index in [9.17, 15) is 14.9 Å². The van der Waals surface area contributed by atoms with Crippen molar-refractivity contribution in [3.63, 3.8) is 0 Å². The van der Waals surface area contributed by atoms with Crippen LogP contribution in [0.2, 0.25) is 0 Å². The molecule has 8 heteroatoms. The third-order valence-electron chi connectivity index (χ3n) is 2.93. The molecule has 0 saturated carbocycles. The number of hydrogen-bond donors (Lipinski definition) is 1. The molecular weight excluding hydrogens is 288 g/mol. The van der Waals surface area contributed by atoms with Gasteiger partial charge in [0.25, 0.3) is 5.69 Å². The van der Waals surface area contributed by atoms with E-state index in [0.717, 1.165) is 5.69 Å². The SMILES string of the molecule is COC(=O)N(C)c1ccc(Nc2ccc([N+](=O)[O-])cn2)cc1. The minimum atomic E-state index is -0.506. The zero-order valence-corrected chi connectivity index (χ0v) is 12.0. The summed E-state index contributed by atoms with van der Waals surface area (Å²) in [5.41, 5.74) is 1.35. The fourth-order valence-electron chi connectivity index (χ4n) is 1.73. The van der Waals surface area contributed by atoms with Gasteiger partial charge in [0.2, 0.25) is 0 Å². The Balaban J connectivity index is 2.08. The molecule has 0 saturated heterocycles. The van der Waals surface area contributed by atoms with Gasteiger partial charge in [0.15, 0.2) is 0 Å². The normalized spacial score (nSPS) is 9.91. The van der Waals surface area contributed by atoms with Crippen LogP contribution < -0.4 is 10.2 Å². The van der Waals surface area contributed by atoms with Crippen LogP contribution >= 0.6 is 0 Å². The molecule has 22 heavy (non-hydrogen) atoms. The standard InChI is InChI=1S/C14H14N4O4/c1-17(14(19)22-2)11-5-3-10(4-6-11)16-13-8-7-12(9-15-13)18(20)21/h3-9H,1-2H3,(H,15,16). The van der Waals surface area contributed by atoms with E-state index >= 15 is 0 Å². The highest BCUT2D eigenvalue weighted by molar-refractivity contribution is 5.87. The molecule has 1 amide bonds. The lowest BCUT2D eigenvalue weighted by Crippen LogP contribution is -2.25. The zero-order valence-electron chi connectivity index (χ0n) is 12.0. The molecule has 0 aliphatic heterocycles. The third kappa shape index (κ3) is 3.48. The number of carbonyl (C=O) groups is 1. The van der Waals surface area contributed by atoms with Gasteiger partial charge in [-0.1, -0.05) is 0 Å². The number of methoxy groups -OCH3 is 1. The lowest BCUT2D eigenvalue weighted by atomic mass is 10.2. The zero-order chi connectivity index (χ0) is 16.1. The summed E-state index contributed by atoms with van der Waals surface area (Å²) in [5.74, 6) is 0.486. The summed E-state index contributed by atoms with van der Waals surface area (Å²) in [7, 11) is 2.92. The van der Waals surface area contributed by atoms with Crippen molar-refractivity contribution in [2.45, 2.75) is 0 Å². The average molecular weight is 302 g/mol. The van der Waals surface area contributed by atoms with Gasteiger partial charge in [-0.3, -0.25) is 15.0 Å². The van der Waals surface area contributed by atoms with Crippen LogP contribution in [0.4, 0.5) is 27.7 Å². The summed E-state index contributed by atoms with van der Waals surface area (Å²) >= 11 is 0. The van der Waals surface area contributed by atoms with Gasteiger partial charge in [-0.2, -0.15) is 0 Å². The van der Waals surface area contributed by atoms with E-state index in [1.54, 1.807) is 31.3 Å². The van der Waals surface area contributed by atoms with Crippen molar-refractivity contribution in [2.24, 2.45) is 0 Å². The van der Waals surface area contributed by atoms with E-state index in [0.29, 0.717) is 11.5 Å². The van der Waals surface area contributed by atoms with E-state index in [2.05, 4.69) is 15.0 Å². The number of carbonyl (C=O) groups excluding carboxylic acids is 1. The molecule has 0 bridgehead atoms. The number of aromatic nitrogens is 1. The van der Waals surface area contributed by atoms with Crippen LogP contribution in [0, 0.1) is 10.1 Å². The van der Waals surface area contributed by atoms with Crippen LogP contribution in [0.5, 0.6) is 0 Å². The minimum Gasteiger partial charge on any atom is -0.452 e. The molecule has 1 aromatic carbocycles. The fraction of sp³-hybridized carbons (Fsp3) is 0.143. The van der Waals surface area contributed by atoms with E-state index in [1.165, 1.54) is 30.3 Å². The van der Waals surface area contributed by atoms with Crippen molar-refractivity contribution in [2.75, 3.05) is 24.4 Å². The van der Waals surface area contributed by atoms with E-state index in [1.807, 2.05) is 0 Å². The third-order valence-corrected chi connectivity index (χ3v) is 2.93. The predicted octanol–water partition coefficient (Wildman–Crippen LogP) is 2.94. The van der Waals surface area contributed by atoms with Crippen molar-refractivity contribution < 1.29 is 14.5 Å². The topological polar surface area (TPSA) is 97.6 Å². The predicted molar refractivity (Wildman–Crippen MR) is 81.4 cm³/mol. The Morgan fingerprint density at radius 2 is 1.95 bits per heavy atom. The van der Waals surface area contributed by atoms with Crippen molar-refractivity contribution in [3.8, 4) is 0 Å². The molecule has 1 aromatic heterocycles. The summed E-state index contributed by atoms with van der Waals surface area (Å²) in [6.45, 7) is 0. The average Bonchev–Trinajstić information content (AvgIpc) is 2.54. The second-order valence-corrected chi connectivity index (χ2v) is 4.36. The number of ether oxygens (including phenoxy) is 1. The summed E-state index contributed by atoms with van der Waals surface area (Å²) in [4.78, 5) is 26.8.